The van der Waals surface area contributed by atoms with Gasteiger partial charge in [0.25, 0.3) is 0 Å². The topological polar surface area (TPSA) is 118 Å². The average Bonchev–Trinajstić information content (AvgIpc) is 3.01. The number of aliphatic hydroxyl groups excluding tert-OH is 1. The lowest BCUT2D eigenvalue weighted by Crippen LogP contribution is -2.52. The zero-order valence-corrected chi connectivity index (χ0v) is 12.5. The van der Waals surface area contributed by atoms with Crippen molar-refractivity contribution < 1.29 is 19.3 Å². The van der Waals surface area contributed by atoms with Crippen molar-refractivity contribution in [2.24, 2.45) is 0 Å². The number of aliphatic hydroxyl groups is 1. The molecule has 0 radical (unpaired) electrons. The van der Waals surface area contributed by atoms with Crippen LogP contribution in [0.15, 0.2) is 12.7 Å². The van der Waals surface area contributed by atoms with Gasteiger partial charge in [-0.2, -0.15) is 0 Å². The van der Waals surface area contributed by atoms with Crippen LogP contribution in [0.2, 0.25) is 0 Å². The number of hydrogen-bond acceptors (Lipinski definition) is 8. The largest absolute Gasteiger partial charge is 0.387 e. The van der Waals surface area contributed by atoms with Crippen LogP contribution >= 0.6 is 0 Å². The summed E-state index contributed by atoms with van der Waals surface area (Å²) >= 11 is 0. The van der Waals surface area contributed by atoms with Gasteiger partial charge in [0.05, 0.1) is 12.9 Å². The van der Waals surface area contributed by atoms with Crippen molar-refractivity contribution in [1.82, 2.24) is 19.5 Å². The first-order chi connectivity index (χ1) is 11.1. The third-order valence-corrected chi connectivity index (χ3v) is 5.26. The Balaban J connectivity index is 1.59. The van der Waals surface area contributed by atoms with Gasteiger partial charge < -0.3 is 25.1 Å². The molecule has 1 spiro atoms. The summed E-state index contributed by atoms with van der Waals surface area (Å²) in [5.74, 6) is 0.309. The van der Waals surface area contributed by atoms with Crippen LogP contribution in [-0.2, 0) is 14.2 Å². The molecule has 2 aromatic heterocycles. The van der Waals surface area contributed by atoms with E-state index >= 15 is 0 Å². The third-order valence-electron chi connectivity index (χ3n) is 5.26. The molecule has 5 rings (SSSR count). The molecule has 2 bridgehead atoms. The highest BCUT2D eigenvalue weighted by molar-refractivity contribution is 5.81. The first-order valence-electron chi connectivity index (χ1n) is 7.57. The van der Waals surface area contributed by atoms with E-state index in [4.69, 9.17) is 19.9 Å². The van der Waals surface area contributed by atoms with Gasteiger partial charge in [0, 0.05) is 7.11 Å². The van der Waals surface area contributed by atoms with E-state index in [1.807, 2.05) is 0 Å². The fourth-order valence-corrected chi connectivity index (χ4v) is 4.02. The van der Waals surface area contributed by atoms with Crippen LogP contribution in [0.25, 0.3) is 11.2 Å². The summed E-state index contributed by atoms with van der Waals surface area (Å²) in [6.45, 7) is 0.283. The Bertz CT molecular complexity index is 791. The van der Waals surface area contributed by atoms with Crippen LogP contribution in [0, 0.1) is 0 Å². The Morgan fingerprint density at radius 2 is 2.22 bits per heavy atom. The number of rotatable bonds is 3. The molecule has 9 nitrogen and oxygen atoms in total. The van der Waals surface area contributed by atoms with E-state index in [0.717, 1.165) is 12.8 Å². The minimum Gasteiger partial charge on any atom is -0.387 e. The summed E-state index contributed by atoms with van der Waals surface area (Å²) in [5.41, 5.74) is 5.63. The van der Waals surface area contributed by atoms with Gasteiger partial charge in [-0.1, -0.05) is 0 Å². The first kappa shape index (κ1) is 13.6. The van der Waals surface area contributed by atoms with Crippen molar-refractivity contribution in [3.63, 3.8) is 0 Å². The summed E-state index contributed by atoms with van der Waals surface area (Å²) < 4.78 is 19.5. The van der Waals surface area contributed by atoms with E-state index in [1.54, 1.807) is 18.0 Å². The van der Waals surface area contributed by atoms with Crippen molar-refractivity contribution in [2.75, 3.05) is 19.5 Å². The maximum absolute atomic E-state index is 10.8. The molecule has 4 heterocycles. The lowest BCUT2D eigenvalue weighted by molar-refractivity contribution is -0.236. The van der Waals surface area contributed by atoms with Crippen LogP contribution in [0.4, 0.5) is 5.82 Å². The molecule has 3 aliphatic rings. The molecule has 1 aliphatic carbocycles. The first-order valence-corrected chi connectivity index (χ1v) is 7.57. The van der Waals surface area contributed by atoms with Gasteiger partial charge in [0.1, 0.15) is 29.7 Å². The Morgan fingerprint density at radius 3 is 2.96 bits per heavy atom. The van der Waals surface area contributed by atoms with Crippen molar-refractivity contribution in [2.45, 2.75) is 42.5 Å². The number of nitrogens with zero attached hydrogens (tertiary/aromatic N) is 4. The second-order valence-electron chi connectivity index (χ2n) is 6.44. The monoisotopic (exact) mass is 319 g/mol. The molecule has 0 amide bonds. The smallest absolute Gasteiger partial charge is 0.167 e. The van der Waals surface area contributed by atoms with Crippen molar-refractivity contribution >= 4 is 17.0 Å². The number of ether oxygens (including phenoxy) is 3. The maximum Gasteiger partial charge on any atom is 0.167 e. The molecule has 4 atom stereocenters. The number of imidazole rings is 1. The lowest BCUT2D eigenvalue weighted by Gasteiger charge is -2.37. The van der Waals surface area contributed by atoms with Gasteiger partial charge in [-0.25, -0.2) is 15.0 Å². The van der Waals surface area contributed by atoms with Gasteiger partial charge in [-0.05, 0) is 12.8 Å². The Hall–Kier alpha value is -1.81. The average molecular weight is 319 g/mol. The normalized spacial score (nSPS) is 37.0. The van der Waals surface area contributed by atoms with Gasteiger partial charge >= 0.3 is 0 Å². The van der Waals surface area contributed by atoms with Crippen molar-refractivity contribution in [1.29, 1.82) is 0 Å². The van der Waals surface area contributed by atoms with Crippen LogP contribution in [0.1, 0.15) is 19.1 Å². The van der Waals surface area contributed by atoms with Crippen molar-refractivity contribution in [3.8, 4) is 0 Å². The highest BCUT2D eigenvalue weighted by Gasteiger charge is 2.78. The molecular formula is C14H17N5O4. The minimum absolute atomic E-state index is 0.283. The Kier molecular flexibility index (Phi) is 2.47. The van der Waals surface area contributed by atoms with Gasteiger partial charge in [-0.3, -0.25) is 4.57 Å². The van der Waals surface area contributed by atoms with Crippen LogP contribution in [-0.4, -0.2) is 61.8 Å². The number of aromatic nitrogens is 4. The summed E-state index contributed by atoms with van der Waals surface area (Å²) in [6, 6.07) is 0. The number of nitrogens with two attached hydrogens (primary N) is 1. The maximum atomic E-state index is 10.8. The number of hydrogen-bond donors (Lipinski definition) is 2. The van der Waals surface area contributed by atoms with E-state index < -0.39 is 29.6 Å². The standard InChI is InChI=1S/C14H17N5O4/c1-21-4-14-9(20)8(22-13(14)2-3-13)12(23-14)19-6-18-7-10(15)16-5-17-11(7)19/h5-6,8-9,12,20H,2-4H2,1H3,(H2,15,16,17)/t8?,9-,12?,14?/m1/s1. The number of fused-ring (bicyclic) bond motifs is 4. The molecule has 3 fully saturated rings. The highest BCUT2D eigenvalue weighted by Crippen LogP contribution is 2.64. The molecule has 2 aliphatic heterocycles. The summed E-state index contributed by atoms with van der Waals surface area (Å²) in [5, 5.41) is 10.8. The van der Waals surface area contributed by atoms with Gasteiger partial charge in [-0.15, -0.1) is 0 Å². The fraction of sp³-hybridized carbons (Fsp3) is 0.643. The van der Waals surface area contributed by atoms with E-state index in [0.29, 0.717) is 17.0 Å². The summed E-state index contributed by atoms with van der Waals surface area (Å²) in [7, 11) is 1.60. The van der Waals surface area contributed by atoms with Gasteiger partial charge in [0.2, 0.25) is 0 Å². The number of methoxy groups -OCH3 is 1. The van der Waals surface area contributed by atoms with Crippen LogP contribution in [0.5, 0.6) is 0 Å². The Labute approximate surface area is 131 Å². The zero-order valence-electron chi connectivity index (χ0n) is 12.5. The Morgan fingerprint density at radius 1 is 1.39 bits per heavy atom. The molecule has 2 saturated heterocycles. The molecule has 9 heteroatoms. The molecular weight excluding hydrogens is 302 g/mol. The molecule has 122 valence electrons. The third kappa shape index (κ3) is 1.48. The van der Waals surface area contributed by atoms with E-state index in [2.05, 4.69) is 15.0 Å². The second kappa shape index (κ2) is 4.18. The zero-order chi connectivity index (χ0) is 15.8. The molecule has 2 aromatic rings. The molecule has 3 N–H and O–H groups in total. The number of nitrogen functional groups attached to an aromatic ring is 1. The van der Waals surface area contributed by atoms with Crippen molar-refractivity contribution in [3.05, 3.63) is 12.7 Å². The summed E-state index contributed by atoms with van der Waals surface area (Å²) in [6.07, 6.45) is 2.95. The van der Waals surface area contributed by atoms with E-state index in [9.17, 15) is 5.11 Å². The lowest BCUT2D eigenvalue weighted by atomic mass is 9.91. The van der Waals surface area contributed by atoms with Crippen LogP contribution in [0.3, 0.4) is 0 Å². The predicted octanol–water partition coefficient (Wildman–Crippen LogP) is -0.385. The van der Waals surface area contributed by atoms with Gasteiger partial charge in [0.15, 0.2) is 23.3 Å². The molecule has 3 unspecified atom stereocenters. The molecule has 1 saturated carbocycles. The van der Waals surface area contributed by atoms with Crippen LogP contribution < -0.4 is 5.73 Å². The SMILES string of the molecule is COCC12OC(n3cnc4c(N)ncnc43)C(OC13CC3)[C@H]2O. The van der Waals surface area contributed by atoms with E-state index in [-0.39, 0.29) is 6.61 Å². The molecule has 23 heavy (non-hydrogen) atoms. The quantitative estimate of drug-likeness (QED) is 0.786. The minimum atomic E-state index is -0.841. The highest BCUT2D eigenvalue weighted by atomic mass is 16.7. The predicted molar refractivity (Wildman–Crippen MR) is 77.3 cm³/mol. The molecule has 0 aromatic carbocycles. The number of anilines is 1. The van der Waals surface area contributed by atoms with E-state index in [1.165, 1.54) is 6.33 Å². The fourth-order valence-electron chi connectivity index (χ4n) is 4.02. The summed E-state index contributed by atoms with van der Waals surface area (Å²) in [4.78, 5) is 12.4. The second-order valence-corrected chi connectivity index (χ2v) is 6.44.